The maximum atomic E-state index is 12.2. The van der Waals surface area contributed by atoms with Gasteiger partial charge in [-0.05, 0) is 13.8 Å². The lowest BCUT2D eigenvalue weighted by atomic mass is 9.96. The molecule has 1 aliphatic rings. The average Bonchev–Trinajstić information content (AvgIpc) is 3.01. The van der Waals surface area contributed by atoms with Crippen LogP contribution in [0.4, 0.5) is 0 Å². The van der Waals surface area contributed by atoms with Gasteiger partial charge in [0.15, 0.2) is 5.82 Å². The number of hydrogen-bond donors (Lipinski definition) is 4. The molecule has 3 rings (SSSR count). The van der Waals surface area contributed by atoms with Crippen molar-refractivity contribution < 1.29 is 4.79 Å². The molecule has 2 aromatic heterocycles. The summed E-state index contributed by atoms with van der Waals surface area (Å²) < 4.78 is 1.57. The first-order valence-corrected chi connectivity index (χ1v) is 6.78. The number of hydrazine groups is 1. The molecule has 9 nitrogen and oxygen atoms in total. The number of nitrogens with one attached hydrogen (secondary N) is 4. The Morgan fingerprint density at radius 2 is 2.05 bits per heavy atom. The number of rotatable bonds is 3. The third kappa shape index (κ3) is 2.41. The number of nitrogens with zero attached hydrogens (tertiary/aromatic N) is 3. The Labute approximate surface area is 120 Å². The molecule has 3 heterocycles. The van der Waals surface area contributed by atoms with Gasteiger partial charge in [0, 0.05) is 24.5 Å². The number of aromatic nitrogens is 4. The highest BCUT2D eigenvalue weighted by molar-refractivity contribution is 5.80. The van der Waals surface area contributed by atoms with Crippen molar-refractivity contribution >= 4 is 11.6 Å². The second-order valence-electron chi connectivity index (χ2n) is 5.21. The summed E-state index contributed by atoms with van der Waals surface area (Å²) in [7, 11) is 0. The lowest BCUT2D eigenvalue weighted by Crippen LogP contribution is -2.40. The maximum absolute atomic E-state index is 12.2. The summed E-state index contributed by atoms with van der Waals surface area (Å²) in [6, 6.07) is 0.107. The summed E-state index contributed by atoms with van der Waals surface area (Å²) in [4.78, 5) is 26.3. The van der Waals surface area contributed by atoms with E-state index in [0.29, 0.717) is 5.82 Å². The summed E-state index contributed by atoms with van der Waals surface area (Å²) in [5.74, 6) is 0.297. The largest absolute Gasteiger partial charge is 0.348 e. The van der Waals surface area contributed by atoms with Gasteiger partial charge in [0.2, 0.25) is 11.6 Å². The van der Waals surface area contributed by atoms with Gasteiger partial charge in [0.1, 0.15) is 0 Å². The van der Waals surface area contributed by atoms with Crippen LogP contribution in [-0.2, 0) is 11.3 Å². The van der Waals surface area contributed by atoms with Crippen LogP contribution in [0.25, 0.3) is 5.65 Å². The maximum Gasteiger partial charge on any atom is 0.293 e. The predicted octanol–water partition coefficient (Wildman–Crippen LogP) is -1.47. The third-order valence-corrected chi connectivity index (χ3v) is 3.75. The number of amides is 1. The van der Waals surface area contributed by atoms with Crippen LogP contribution in [0.5, 0.6) is 0 Å². The molecule has 0 saturated carbocycles. The molecule has 0 spiro atoms. The van der Waals surface area contributed by atoms with Gasteiger partial charge in [-0.1, -0.05) is 0 Å². The van der Waals surface area contributed by atoms with Gasteiger partial charge >= 0.3 is 0 Å². The molecular weight excluding hydrogens is 274 g/mol. The van der Waals surface area contributed by atoms with E-state index in [4.69, 9.17) is 0 Å². The molecule has 9 heteroatoms. The molecule has 2 atom stereocenters. The summed E-state index contributed by atoms with van der Waals surface area (Å²) >= 11 is 0. The second-order valence-corrected chi connectivity index (χ2v) is 5.21. The minimum atomic E-state index is -0.311. The third-order valence-electron chi connectivity index (χ3n) is 3.75. The van der Waals surface area contributed by atoms with E-state index in [0.717, 1.165) is 0 Å². The van der Waals surface area contributed by atoms with Crippen LogP contribution in [0.1, 0.15) is 19.7 Å². The molecule has 0 bridgehead atoms. The van der Waals surface area contributed by atoms with Crippen LogP contribution >= 0.6 is 0 Å². The Balaban J connectivity index is 1.73. The first-order chi connectivity index (χ1) is 10.1. The number of hydrogen-bond acceptors (Lipinski definition) is 6. The van der Waals surface area contributed by atoms with Gasteiger partial charge in [-0.3, -0.25) is 24.8 Å². The molecule has 2 unspecified atom stereocenters. The highest BCUT2D eigenvalue weighted by Crippen LogP contribution is 2.14. The molecule has 4 N–H and O–H groups in total. The van der Waals surface area contributed by atoms with Crippen molar-refractivity contribution in [3.05, 3.63) is 28.6 Å². The van der Waals surface area contributed by atoms with Gasteiger partial charge in [0.25, 0.3) is 5.56 Å². The smallest absolute Gasteiger partial charge is 0.293 e. The first-order valence-electron chi connectivity index (χ1n) is 6.78. The number of H-pyrrole nitrogens is 1. The zero-order chi connectivity index (χ0) is 15.0. The Hall–Kier alpha value is -2.26. The zero-order valence-electron chi connectivity index (χ0n) is 11.8. The SMILES string of the molecule is CC1NNC(C)C1C(=O)NCc1nnc2c(=O)[nH]ccn12. The number of carbonyl (C=O) groups is 1. The fourth-order valence-corrected chi connectivity index (χ4v) is 2.62. The quantitative estimate of drug-likeness (QED) is 0.549. The van der Waals surface area contributed by atoms with Gasteiger partial charge in [-0.2, -0.15) is 0 Å². The van der Waals surface area contributed by atoms with Crippen molar-refractivity contribution in [3.8, 4) is 0 Å². The molecule has 0 radical (unpaired) electrons. The van der Waals surface area contributed by atoms with E-state index in [1.807, 2.05) is 13.8 Å². The van der Waals surface area contributed by atoms with Crippen LogP contribution in [-0.4, -0.2) is 37.6 Å². The molecule has 2 aromatic rings. The molecule has 0 aromatic carbocycles. The minimum absolute atomic E-state index is 0.0537. The lowest BCUT2D eigenvalue weighted by Gasteiger charge is -2.16. The second kappa shape index (κ2) is 5.26. The minimum Gasteiger partial charge on any atom is -0.348 e. The van der Waals surface area contributed by atoms with E-state index in [-0.39, 0.29) is 41.7 Å². The molecule has 0 aliphatic carbocycles. The van der Waals surface area contributed by atoms with Gasteiger partial charge in [-0.15, -0.1) is 10.2 Å². The molecule has 21 heavy (non-hydrogen) atoms. The molecular formula is C12H17N7O2. The van der Waals surface area contributed by atoms with E-state index in [1.165, 1.54) is 6.20 Å². The van der Waals surface area contributed by atoms with Crippen LogP contribution in [0, 0.1) is 5.92 Å². The summed E-state index contributed by atoms with van der Waals surface area (Å²) in [6.45, 7) is 4.12. The molecule has 1 aliphatic heterocycles. The number of aromatic amines is 1. The Kier molecular flexibility index (Phi) is 3.43. The van der Waals surface area contributed by atoms with E-state index >= 15 is 0 Å². The lowest BCUT2D eigenvalue weighted by molar-refractivity contribution is -0.125. The topological polar surface area (TPSA) is 116 Å². The van der Waals surface area contributed by atoms with Crippen LogP contribution < -0.4 is 21.7 Å². The van der Waals surface area contributed by atoms with E-state index in [2.05, 4.69) is 31.3 Å². The normalized spacial score (nSPS) is 25.3. The van der Waals surface area contributed by atoms with E-state index in [1.54, 1.807) is 10.6 Å². The molecule has 112 valence electrons. The van der Waals surface area contributed by atoms with Crippen LogP contribution in [0.15, 0.2) is 17.2 Å². The first kappa shape index (κ1) is 13.7. The highest BCUT2D eigenvalue weighted by atomic mass is 16.2. The van der Waals surface area contributed by atoms with Crippen molar-refractivity contribution in [3.63, 3.8) is 0 Å². The van der Waals surface area contributed by atoms with Crippen molar-refractivity contribution in [1.82, 2.24) is 35.8 Å². The number of fused-ring (bicyclic) bond motifs is 1. The average molecular weight is 291 g/mol. The zero-order valence-corrected chi connectivity index (χ0v) is 11.8. The van der Waals surface area contributed by atoms with Crippen molar-refractivity contribution in [1.29, 1.82) is 0 Å². The Bertz CT molecular complexity index is 712. The van der Waals surface area contributed by atoms with Gasteiger partial charge in [0.05, 0.1) is 12.5 Å². The summed E-state index contributed by atoms with van der Waals surface area (Å²) in [6.07, 6.45) is 3.17. The monoisotopic (exact) mass is 291 g/mol. The van der Waals surface area contributed by atoms with E-state index in [9.17, 15) is 9.59 Å². The predicted molar refractivity (Wildman–Crippen MR) is 74.1 cm³/mol. The van der Waals surface area contributed by atoms with Gasteiger partial charge < -0.3 is 10.3 Å². The Morgan fingerprint density at radius 3 is 2.76 bits per heavy atom. The Morgan fingerprint density at radius 1 is 1.33 bits per heavy atom. The van der Waals surface area contributed by atoms with Crippen LogP contribution in [0.2, 0.25) is 0 Å². The number of carbonyl (C=O) groups excluding carboxylic acids is 1. The molecule has 1 saturated heterocycles. The van der Waals surface area contributed by atoms with Gasteiger partial charge in [-0.25, -0.2) is 0 Å². The van der Waals surface area contributed by atoms with Crippen molar-refractivity contribution in [2.24, 2.45) is 5.92 Å². The van der Waals surface area contributed by atoms with E-state index < -0.39 is 0 Å². The fraction of sp³-hybridized carbons (Fsp3) is 0.500. The fourth-order valence-electron chi connectivity index (χ4n) is 2.62. The summed E-state index contributed by atoms with van der Waals surface area (Å²) in [5.41, 5.74) is 5.99. The summed E-state index contributed by atoms with van der Waals surface area (Å²) in [5, 5.41) is 10.6. The van der Waals surface area contributed by atoms with Crippen molar-refractivity contribution in [2.75, 3.05) is 0 Å². The van der Waals surface area contributed by atoms with Crippen LogP contribution in [0.3, 0.4) is 0 Å². The standard InChI is InChI=1S/C12H17N7O2/c1-6-9(7(2)16-15-6)11(20)14-5-8-17-18-10-12(21)13-3-4-19(8)10/h3-4,6-7,9,15-16H,5H2,1-2H3,(H,13,21)(H,14,20). The molecule has 1 amide bonds. The highest BCUT2D eigenvalue weighted by Gasteiger charge is 2.35. The molecule has 1 fully saturated rings. The van der Waals surface area contributed by atoms with Crippen molar-refractivity contribution in [2.45, 2.75) is 32.5 Å².